The SMILES string of the molecule is COc1cc2c(c3c1OCC(N(CC1CC1)C1CC(CC4(C)CNc5ccc(F)cc54)C1)C3)C(=O)NC2. The number of anilines is 1. The Labute approximate surface area is 217 Å². The smallest absolute Gasteiger partial charge is 0.252 e. The monoisotopic (exact) mass is 505 g/mol. The molecule has 0 radical (unpaired) electrons. The first-order valence-corrected chi connectivity index (χ1v) is 13.9. The molecule has 1 amide bonds. The Morgan fingerprint density at radius 3 is 2.78 bits per heavy atom. The van der Waals surface area contributed by atoms with Gasteiger partial charge in [0.2, 0.25) is 0 Å². The Balaban J connectivity index is 1.08. The predicted octanol–water partition coefficient (Wildman–Crippen LogP) is 4.65. The number of hydrogen-bond donors (Lipinski definition) is 2. The van der Waals surface area contributed by atoms with Crippen molar-refractivity contribution in [2.75, 3.05) is 32.1 Å². The topological polar surface area (TPSA) is 62.8 Å². The first-order chi connectivity index (χ1) is 17.9. The zero-order valence-corrected chi connectivity index (χ0v) is 21.7. The van der Waals surface area contributed by atoms with Crippen LogP contribution in [0.4, 0.5) is 10.1 Å². The Hall–Kier alpha value is -2.80. The van der Waals surface area contributed by atoms with Crippen LogP contribution in [0.3, 0.4) is 0 Å². The summed E-state index contributed by atoms with van der Waals surface area (Å²) in [6.07, 6.45) is 6.88. The Morgan fingerprint density at radius 2 is 2.00 bits per heavy atom. The second-order valence-corrected chi connectivity index (χ2v) is 12.2. The van der Waals surface area contributed by atoms with Gasteiger partial charge >= 0.3 is 0 Å². The minimum absolute atomic E-state index is 0.00531. The van der Waals surface area contributed by atoms with Gasteiger partial charge in [-0.25, -0.2) is 4.39 Å². The summed E-state index contributed by atoms with van der Waals surface area (Å²) >= 11 is 0. The molecule has 3 heterocycles. The van der Waals surface area contributed by atoms with Gasteiger partial charge < -0.3 is 20.1 Å². The first kappa shape index (κ1) is 23.3. The van der Waals surface area contributed by atoms with Crippen molar-refractivity contribution in [3.8, 4) is 11.5 Å². The van der Waals surface area contributed by atoms with Crippen molar-refractivity contribution >= 4 is 11.6 Å². The van der Waals surface area contributed by atoms with Crippen LogP contribution < -0.4 is 20.1 Å². The van der Waals surface area contributed by atoms with E-state index in [4.69, 9.17) is 9.47 Å². The number of methoxy groups -OCH3 is 1. The van der Waals surface area contributed by atoms with Gasteiger partial charge in [-0.3, -0.25) is 9.69 Å². The molecule has 0 bridgehead atoms. The number of rotatable bonds is 7. The first-order valence-electron chi connectivity index (χ1n) is 13.9. The summed E-state index contributed by atoms with van der Waals surface area (Å²) in [4.78, 5) is 15.4. The molecule has 7 heteroatoms. The number of fused-ring (bicyclic) bond motifs is 4. The lowest BCUT2D eigenvalue weighted by molar-refractivity contribution is 0.00625. The van der Waals surface area contributed by atoms with E-state index in [-0.39, 0.29) is 23.2 Å². The normalized spacial score (nSPS) is 29.5. The minimum Gasteiger partial charge on any atom is -0.493 e. The van der Waals surface area contributed by atoms with Gasteiger partial charge in [-0.2, -0.15) is 0 Å². The van der Waals surface area contributed by atoms with Gasteiger partial charge in [0, 0.05) is 48.4 Å². The molecule has 37 heavy (non-hydrogen) atoms. The van der Waals surface area contributed by atoms with Gasteiger partial charge in [-0.1, -0.05) is 6.92 Å². The molecule has 196 valence electrons. The number of nitrogens with one attached hydrogen (secondary N) is 2. The van der Waals surface area contributed by atoms with E-state index in [9.17, 15) is 9.18 Å². The lowest BCUT2D eigenvalue weighted by Crippen LogP contribution is -2.54. The number of benzene rings is 2. The quantitative estimate of drug-likeness (QED) is 0.574. The molecule has 2 aromatic rings. The lowest BCUT2D eigenvalue weighted by atomic mass is 9.67. The van der Waals surface area contributed by atoms with Gasteiger partial charge in [-0.15, -0.1) is 0 Å². The molecule has 0 aromatic heterocycles. The van der Waals surface area contributed by atoms with Crippen molar-refractivity contribution in [1.29, 1.82) is 0 Å². The van der Waals surface area contributed by atoms with Crippen LogP contribution in [0.1, 0.15) is 66.1 Å². The van der Waals surface area contributed by atoms with Gasteiger partial charge in [0.05, 0.1) is 12.7 Å². The van der Waals surface area contributed by atoms with Crippen LogP contribution in [-0.2, 0) is 18.4 Å². The highest BCUT2D eigenvalue weighted by molar-refractivity contribution is 6.01. The molecular formula is C30H36FN3O3. The highest BCUT2D eigenvalue weighted by atomic mass is 19.1. The number of hydrogen-bond acceptors (Lipinski definition) is 5. The summed E-state index contributed by atoms with van der Waals surface area (Å²) in [6.45, 7) is 5.46. The standard InChI is InChI=1S/C30H36FN3O3/c1-30(16-33-25-6-5-20(31)10-24(25)30)12-18-7-21(8-18)34(14-17-3-4-17)22-11-23-27-19(13-32-29(27)35)9-26(36-2)28(23)37-15-22/h5-6,9-10,17-18,21-22,33H,3-4,7-8,11-16H2,1-2H3,(H,32,35). The molecule has 2 fully saturated rings. The summed E-state index contributed by atoms with van der Waals surface area (Å²) in [5.74, 6) is 2.76. The number of amides is 1. The number of nitrogens with zero attached hydrogens (tertiary/aromatic N) is 1. The lowest BCUT2D eigenvalue weighted by Gasteiger charge is -2.49. The average molecular weight is 506 g/mol. The third-order valence-electron chi connectivity index (χ3n) is 9.53. The van der Waals surface area contributed by atoms with Crippen molar-refractivity contribution in [3.63, 3.8) is 0 Å². The number of ether oxygens (including phenoxy) is 2. The Morgan fingerprint density at radius 1 is 1.16 bits per heavy atom. The van der Waals surface area contributed by atoms with Gasteiger partial charge in [0.15, 0.2) is 11.5 Å². The largest absolute Gasteiger partial charge is 0.493 e. The highest BCUT2D eigenvalue weighted by Gasteiger charge is 2.45. The predicted molar refractivity (Wildman–Crippen MR) is 140 cm³/mol. The van der Waals surface area contributed by atoms with Crippen LogP contribution in [-0.4, -0.2) is 49.7 Å². The molecule has 2 N–H and O–H groups in total. The number of halogens is 1. The molecule has 3 aliphatic heterocycles. The number of carbonyl (C=O) groups excluding carboxylic acids is 1. The molecule has 2 unspecified atom stereocenters. The third-order valence-corrected chi connectivity index (χ3v) is 9.53. The molecule has 0 spiro atoms. The van der Waals surface area contributed by atoms with Crippen molar-refractivity contribution < 1.29 is 18.7 Å². The molecule has 5 aliphatic rings. The van der Waals surface area contributed by atoms with E-state index in [0.717, 1.165) is 71.3 Å². The van der Waals surface area contributed by atoms with E-state index in [1.54, 1.807) is 19.2 Å². The molecule has 7 rings (SSSR count). The van der Waals surface area contributed by atoms with E-state index in [1.165, 1.54) is 25.7 Å². The summed E-state index contributed by atoms with van der Waals surface area (Å²) < 4.78 is 26.0. The van der Waals surface area contributed by atoms with E-state index in [1.807, 2.05) is 12.1 Å². The van der Waals surface area contributed by atoms with Crippen LogP contribution in [0.5, 0.6) is 11.5 Å². The van der Waals surface area contributed by atoms with Gasteiger partial charge in [0.25, 0.3) is 5.91 Å². The maximum absolute atomic E-state index is 14.0. The second-order valence-electron chi connectivity index (χ2n) is 12.2. The summed E-state index contributed by atoms with van der Waals surface area (Å²) in [5, 5.41) is 6.48. The van der Waals surface area contributed by atoms with Gasteiger partial charge in [0.1, 0.15) is 12.4 Å². The third kappa shape index (κ3) is 3.97. The fraction of sp³-hybridized carbons (Fsp3) is 0.567. The zero-order valence-electron chi connectivity index (χ0n) is 21.7. The molecular weight excluding hydrogens is 469 g/mol. The van der Waals surface area contributed by atoms with Gasteiger partial charge in [-0.05, 0) is 85.8 Å². The maximum Gasteiger partial charge on any atom is 0.252 e. The van der Waals surface area contributed by atoms with Crippen molar-refractivity contribution in [2.45, 2.75) is 69.5 Å². The van der Waals surface area contributed by atoms with E-state index in [2.05, 4.69) is 22.5 Å². The number of carbonyl (C=O) groups is 1. The van der Waals surface area contributed by atoms with E-state index >= 15 is 0 Å². The summed E-state index contributed by atoms with van der Waals surface area (Å²) in [6, 6.07) is 7.91. The second kappa shape index (κ2) is 8.62. The summed E-state index contributed by atoms with van der Waals surface area (Å²) in [7, 11) is 1.67. The van der Waals surface area contributed by atoms with Crippen LogP contribution in [0, 0.1) is 17.7 Å². The molecule has 0 saturated heterocycles. The molecule has 2 aromatic carbocycles. The van der Waals surface area contributed by atoms with Crippen LogP contribution in [0.2, 0.25) is 0 Å². The fourth-order valence-electron chi connectivity index (χ4n) is 7.34. The fourth-order valence-corrected chi connectivity index (χ4v) is 7.34. The minimum atomic E-state index is -0.148. The summed E-state index contributed by atoms with van der Waals surface area (Å²) in [5.41, 5.74) is 5.01. The molecule has 2 saturated carbocycles. The van der Waals surface area contributed by atoms with Crippen molar-refractivity contribution in [1.82, 2.24) is 10.2 Å². The van der Waals surface area contributed by atoms with Crippen LogP contribution >= 0.6 is 0 Å². The maximum atomic E-state index is 14.0. The van der Waals surface area contributed by atoms with E-state index in [0.29, 0.717) is 25.1 Å². The highest BCUT2D eigenvalue weighted by Crippen LogP contribution is 2.48. The van der Waals surface area contributed by atoms with Crippen molar-refractivity contribution in [3.05, 3.63) is 52.3 Å². The Kier molecular flexibility index (Phi) is 5.43. The van der Waals surface area contributed by atoms with Crippen LogP contribution in [0.15, 0.2) is 24.3 Å². The van der Waals surface area contributed by atoms with Crippen LogP contribution in [0.25, 0.3) is 0 Å². The van der Waals surface area contributed by atoms with Crippen molar-refractivity contribution in [2.24, 2.45) is 11.8 Å². The molecule has 6 nitrogen and oxygen atoms in total. The molecule has 2 atom stereocenters. The average Bonchev–Trinajstić information content (AvgIpc) is 3.54. The Bertz CT molecular complexity index is 1260. The van der Waals surface area contributed by atoms with E-state index < -0.39 is 0 Å². The molecule has 2 aliphatic carbocycles. The zero-order chi connectivity index (χ0) is 25.3.